The first kappa shape index (κ1) is 24.3. The summed E-state index contributed by atoms with van der Waals surface area (Å²) in [6, 6.07) is 4.26. The highest BCUT2D eigenvalue weighted by Gasteiger charge is 2.31. The highest BCUT2D eigenvalue weighted by Crippen LogP contribution is 2.25. The summed E-state index contributed by atoms with van der Waals surface area (Å²) in [7, 11) is 0. The molecule has 0 saturated carbocycles. The second kappa shape index (κ2) is 9.56. The van der Waals surface area contributed by atoms with Gasteiger partial charge in [-0.15, -0.1) is 0 Å². The van der Waals surface area contributed by atoms with Gasteiger partial charge >= 0.3 is 0 Å². The third-order valence-corrected chi connectivity index (χ3v) is 6.37. The molecule has 13 heteroatoms. The molecular weight excluding hydrogens is 489 g/mol. The van der Waals surface area contributed by atoms with Crippen molar-refractivity contribution in [3.8, 4) is 5.82 Å². The Balaban J connectivity index is 1.24. The van der Waals surface area contributed by atoms with Crippen LogP contribution in [0.15, 0.2) is 41.8 Å². The molecule has 1 fully saturated rings. The monoisotopic (exact) mass is 512 g/mol. The summed E-state index contributed by atoms with van der Waals surface area (Å²) in [4.78, 5) is 36.4. The van der Waals surface area contributed by atoms with Crippen LogP contribution in [0.2, 0.25) is 0 Å². The minimum absolute atomic E-state index is 0.0141. The number of nitrogens with zero attached hydrogens (tertiary/aromatic N) is 6. The highest BCUT2D eigenvalue weighted by atomic mass is 19.1. The number of amides is 2. The van der Waals surface area contributed by atoms with E-state index in [1.807, 2.05) is 4.90 Å². The molecule has 10 nitrogen and oxygen atoms in total. The first-order valence-electron chi connectivity index (χ1n) is 11.5. The molecule has 5 rings (SSSR count). The van der Waals surface area contributed by atoms with E-state index in [0.717, 1.165) is 12.3 Å². The van der Waals surface area contributed by atoms with Crippen molar-refractivity contribution < 1.29 is 22.8 Å². The number of piperazine rings is 1. The lowest BCUT2D eigenvalue weighted by Gasteiger charge is -2.34. The van der Waals surface area contributed by atoms with Crippen LogP contribution in [-0.4, -0.2) is 63.1 Å². The van der Waals surface area contributed by atoms with E-state index >= 15 is 0 Å². The zero-order chi connectivity index (χ0) is 26.3. The smallest absolute Gasteiger partial charge is 0.270 e. The van der Waals surface area contributed by atoms with Crippen LogP contribution in [0.4, 0.5) is 19.1 Å². The van der Waals surface area contributed by atoms with Gasteiger partial charge in [0.1, 0.15) is 17.3 Å². The molecule has 2 aliphatic heterocycles. The van der Waals surface area contributed by atoms with Crippen LogP contribution in [0.1, 0.15) is 34.1 Å². The second-order valence-corrected chi connectivity index (χ2v) is 8.87. The molecular formula is C24H23F3N8O2. The molecule has 0 bridgehead atoms. The molecule has 1 atom stereocenters. The van der Waals surface area contributed by atoms with E-state index in [4.69, 9.17) is 5.73 Å². The molecule has 1 aromatic carbocycles. The number of benzene rings is 1. The van der Waals surface area contributed by atoms with E-state index in [2.05, 4.69) is 20.5 Å². The summed E-state index contributed by atoms with van der Waals surface area (Å²) < 4.78 is 43.1. The van der Waals surface area contributed by atoms with Gasteiger partial charge in [-0.1, -0.05) is 0 Å². The number of hydrazone groups is 1. The number of rotatable bonds is 5. The van der Waals surface area contributed by atoms with Crippen molar-refractivity contribution in [3.05, 3.63) is 70.9 Å². The van der Waals surface area contributed by atoms with Crippen LogP contribution in [0.3, 0.4) is 0 Å². The van der Waals surface area contributed by atoms with E-state index in [1.165, 1.54) is 22.9 Å². The van der Waals surface area contributed by atoms with Crippen molar-refractivity contribution in [2.24, 2.45) is 10.8 Å². The normalized spacial score (nSPS) is 17.5. The Morgan fingerprint density at radius 2 is 1.76 bits per heavy atom. The van der Waals surface area contributed by atoms with Crippen molar-refractivity contribution >= 4 is 23.5 Å². The number of hydrogen-bond donors (Lipinski definition) is 2. The summed E-state index contributed by atoms with van der Waals surface area (Å²) in [5, 5.41) is 4.10. The number of halogens is 3. The summed E-state index contributed by atoms with van der Waals surface area (Å²) in [6.07, 6.45) is 2.69. The van der Waals surface area contributed by atoms with Crippen molar-refractivity contribution in [1.82, 2.24) is 24.9 Å². The maximum Gasteiger partial charge on any atom is 0.270 e. The Hall–Kier alpha value is -4.42. The Labute approximate surface area is 209 Å². The number of nitrogens with two attached hydrogens (primary N) is 1. The van der Waals surface area contributed by atoms with Crippen molar-refractivity contribution in [1.29, 1.82) is 0 Å². The van der Waals surface area contributed by atoms with Gasteiger partial charge in [-0.05, 0) is 30.7 Å². The lowest BCUT2D eigenvalue weighted by atomic mass is 10.0. The molecule has 2 aromatic heterocycles. The fourth-order valence-corrected chi connectivity index (χ4v) is 4.44. The SMILES string of the molecule is Cc1cc(C(N)=O)cn1-c1nc(N2CCN(C(=O)C3=NN[C@H](c4cc(F)cc(F)c4)C3)CC2)ncc1F. The molecule has 0 spiro atoms. The maximum atomic E-state index is 14.6. The highest BCUT2D eigenvalue weighted by molar-refractivity contribution is 6.39. The predicted octanol–water partition coefficient (Wildman–Crippen LogP) is 1.83. The molecule has 0 radical (unpaired) electrons. The van der Waals surface area contributed by atoms with Gasteiger partial charge in [-0.3, -0.25) is 9.59 Å². The zero-order valence-electron chi connectivity index (χ0n) is 19.8. The third kappa shape index (κ3) is 4.84. The van der Waals surface area contributed by atoms with Crippen molar-refractivity contribution in [2.75, 3.05) is 31.1 Å². The molecule has 0 unspecified atom stereocenters. The second-order valence-electron chi connectivity index (χ2n) is 8.87. The van der Waals surface area contributed by atoms with Gasteiger partial charge in [-0.25, -0.2) is 18.2 Å². The lowest BCUT2D eigenvalue weighted by Crippen LogP contribution is -2.51. The molecule has 2 amide bonds. The minimum Gasteiger partial charge on any atom is -0.366 e. The van der Waals surface area contributed by atoms with Crippen LogP contribution in [0, 0.1) is 24.4 Å². The molecule has 0 aliphatic carbocycles. The average Bonchev–Trinajstić information content (AvgIpc) is 3.51. The number of aryl methyl sites for hydroxylation is 1. The Bertz CT molecular complexity index is 1390. The Morgan fingerprint density at radius 1 is 1.05 bits per heavy atom. The van der Waals surface area contributed by atoms with Crippen LogP contribution in [0.5, 0.6) is 0 Å². The van der Waals surface area contributed by atoms with Gasteiger partial charge in [0.05, 0.1) is 17.8 Å². The van der Waals surface area contributed by atoms with Crippen molar-refractivity contribution in [2.45, 2.75) is 19.4 Å². The topological polar surface area (TPSA) is 122 Å². The fraction of sp³-hybridized carbons (Fsp3) is 0.292. The zero-order valence-corrected chi connectivity index (χ0v) is 19.8. The number of carbonyl (C=O) groups is 2. The van der Waals surface area contributed by atoms with Gasteiger partial charge < -0.3 is 25.5 Å². The predicted molar refractivity (Wildman–Crippen MR) is 128 cm³/mol. The number of aromatic nitrogens is 3. The number of carbonyl (C=O) groups excluding carboxylic acids is 2. The van der Waals surface area contributed by atoms with Gasteiger partial charge in [0, 0.05) is 50.6 Å². The van der Waals surface area contributed by atoms with Gasteiger partial charge in [0.25, 0.3) is 5.91 Å². The molecule has 37 heavy (non-hydrogen) atoms. The maximum absolute atomic E-state index is 14.6. The fourth-order valence-electron chi connectivity index (χ4n) is 4.44. The van der Waals surface area contributed by atoms with Gasteiger partial charge in [-0.2, -0.15) is 10.1 Å². The standard InChI is InChI=1S/C24H23F3N8O2/c1-13-6-15(21(28)36)12-35(13)22-18(27)11-29-24(30-22)34-4-2-33(3-5-34)23(37)20-10-19(31-32-20)14-7-16(25)9-17(26)8-14/h6-9,11-12,19,31H,2-5,10H2,1H3,(H2,28,36)/t19-/m0/s1. The summed E-state index contributed by atoms with van der Waals surface area (Å²) in [5.74, 6) is -2.68. The minimum atomic E-state index is -0.695. The van der Waals surface area contributed by atoms with E-state index < -0.39 is 29.4 Å². The summed E-state index contributed by atoms with van der Waals surface area (Å²) >= 11 is 0. The molecule has 3 aromatic rings. The number of primary amides is 1. The Kier molecular flexibility index (Phi) is 6.27. The first-order chi connectivity index (χ1) is 17.7. The number of anilines is 1. The number of nitrogens with one attached hydrogen (secondary N) is 1. The molecule has 4 heterocycles. The number of hydrogen-bond acceptors (Lipinski definition) is 7. The summed E-state index contributed by atoms with van der Waals surface area (Å²) in [5.41, 5.74) is 9.58. The Morgan fingerprint density at radius 3 is 2.41 bits per heavy atom. The largest absolute Gasteiger partial charge is 0.366 e. The van der Waals surface area contributed by atoms with Crippen LogP contribution >= 0.6 is 0 Å². The van der Waals surface area contributed by atoms with E-state index in [0.29, 0.717) is 37.4 Å². The molecule has 1 saturated heterocycles. The average molecular weight is 512 g/mol. The van der Waals surface area contributed by atoms with Crippen LogP contribution in [-0.2, 0) is 4.79 Å². The molecule has 2 aliphatic rings. The molecule has 192 valence electrons. The third-order valence-electron chi connectivity index (χ3n) is 6.37. The van der Waals surface area contributed by atoms with Gasteiger partial charge in [0.2, 0.25) is 11.9 Å². The lowest BCUT2D eigenvalue weighted by molar-refractivity contribution is -0.124. The quantitative estimate of drug-likeness (QED) is 0.538. The van der Waals surface area contributed by atoms with E-state index in [1.54, 1.807) is 17.9 Å². The van der Waals surface area contributed by atoms with E-state index in [-0.39, 0.29) is 35.4 Å². The van der Waals surface area contributed by atoms with E-state index in [9.17, 15) is 22.8 Å². The summed E-state index contributed by atoms with van der Waals surface area (Å²) in [6.45, 7) is 3.19. The van der Waals surface area contributed by atoms with Crippen LogP contribution < -0.4 is 16.1 Å². The van der Waals surface area contributed by atoms with Crippen molar-refractivity contribution in [3.63, 3.8) is 0 Å². The van der Waals surface area contributed by atoms with Crippen LogP contribution in [0.25, 0.3) is 5.82 Å². The molecule has 3 N–H and O–H groups in total. The first-order valence-corrected chi connectivity index (χ1v) is 11.5. The van der Waals surface area contributed by atoms with Gasteiger partial charge in [0.15, 0.2) is 11.6 Å².